The number of ether oxygens (including phenoxy) is 4. The van der Waals surface area contributed by atoms with Gasteiger partial charge in [-0.15, -0.1) is 0 Å². The maximum Gasteiger partial charge on any atom is 0.347 e. The van der Waals surface area contributed by atoms with Gasteiger partial charge in [0.15, 0.2) is 0 Å². The average Bonchev–Trinajstić information content (AvgIpc) is 2.45. The highest BCUT2D eigenvalue weighted by molar-refractivity contribution is 5.75. The van der Waals surface area contributed by atoms with E-state index in [2.05, 4.69) is 4.74 Å². The van der Waals surface area contributed by atoms with E-state index in [4.69, 9.17) is 14.2 Å². The maximum absolute atomic E-state index is 13.4. The monoisotopic (exact) mass is 270 g/mol. The Bertz CT molecular complexity index is 484. The van der Waals surface area contributed by atoms with E-state index in [9.17, 15) is 9.18 Å². The molecule has 2 rings (SSSR count). The van der Waals surface area contributed by atoms with Gasteiger partial charge in [0.25, 0.3) is 0 Å². The molecule has 0 radical (unpaired) electrons. The fourth-order valence-corrected chi connectivity index (χ4v) is 2.18. The topological polar surface area (TPSA) is 54.0 Å². The molecule has 5 nitrogen and oxygen atoms in total. The molecule has 104 valence electrons. The van der Waals surface area contributed by atoms with E-state index in [1.807, 2.05) is 0 Å². The highest BCUT2D eigenvalue weighted by atomic mass is 19.1. The van der Waals surface area contributed by atoms with Crippen LogP contribution in [-0.2, 0) is 24.8 Å². The molecule has 0 amide bonds. The summed E-state index contributed by atoms with van der Waals surface area (Å²) in [7, 11) is 4.13. The van der Waals surface area contributed by atoms with E-state index < -0.39 is 23.7 Å². The van der Waals surface area contributed by atoms with Gasteiger partial charge in [0, 0.05) is 14.2 Å². The second-order valence-electron chi connectivity index (χ2n) is 4.14. The quantitative estimate of drug-likeness (QED) is 0.616. The molecule has 1 aliphatic rings. The summed E-state index contributed by atoms with van der Waals surface area (Å²) in [5.74, 6) is -1.85. The highest BCUT2D eigenvalue weighted by Gasteiger charge is 2.45. The number of rotatable bonds is 3. The van der Waals surface area contributed by atoms with E-state index in [1.165, 1.54) is 39.5 Å². The number of hydrogen-bond acceptors (Lipinski definition) is 5. The number of carbonyl (C=O) groups excluding carboxylic acids is 1. The van der Waals surface area contributed by atoms with Crippen LogP contribution in [0.25, 0.3) is 0 Å². The Labute approximate surface area is 110 Å². The third kappa shape index (κ3) is 2.29. The smallest absolute Gasteiger partial charge is 0.347 e. The lowest BCUT2D eigenvalue weighted by atomic mass is 9.94. The molecule has 0 spiro atoms. The van der Waals surface area contributed by atoms with Gasteiger partial charge in [-0.3, -0.25) is 0 Å². The zero-order valence-corrected chi connectivity index (χ0v) is 10.9. The van der Waals surface area contributed by atoms with Gasteiger partial charge >= 0.3 is 5.97 Å². The van der Waals surface area contributed by atoms with Crippen molar-refractivity contribution in [3.05, 3.63) is 29.6 Å². The molecule has 1 heterocycles. The van der Waals surface area contributed by atoms with Crippen molar-refractivity contribution in [2.75, 3.05) is 21.3 Å². The minimum absolute atomic E-state index is 0.0864. The summed E-state index contributed by atoms with van der Waals surface area (Å²) in [6.45, 7) is 0. The summed E-state index contributed by atoms with van der Waals surface area (Å²) in [5, 5.41) is 0. The molecule has 0 aliphatic carbocycles. The van der Waals surface area contributed by atoms with Crippen LogP contribution in [0.5, 0.6) is 5.75 Å². The fourth-order valence-electron chi connectivity index (χ4n) is 2.18. The van der Waals surface area contributed by atoms with Crippen LogP contribution in [0.1, 0.15) is 12.0 Å². The number of fused-ring (bicyclic) bond motifs is 1. The predicted octanol–water partition coefficient (Wildman–Crippen LogP) is 1.60. The van der Waals surface area contributed by atoms with Gasteiger partial charge in [-0.05, 0) is 18.2 Å². The summed E-state index contributed by atoms with van der Waals surface area (Å²) >= 11 is 0. The lowest BCUT2D eigenvalue weighted by Gasteiger charge is -2.39. The van der Waals surface area contributed by atoms with E-state index in [-0.39, 0.29) is 6.42 Å². The van der Waals surface area contributed by atoms with Crippen molar-refractivity contribution >= 4 is 5.97 Å². The summed E-state index contributed by atoms with van der Waals surface area (Å²) < 4.78 is 34.2. The van der Waals surface area contributed by atoms with Crippen LogP contribution < -0.4 is 4.74 Å². The Kier molecular flexibility index (Phi) is 3.73. The molecule has 0 aromatic heterocycles. The van der Waals surface area contributed by atoms with Gasteiger partial charge in [0.05, 0.1) is 19.1 Å². The molecule has 0 saturated carbocycles. The first-order chi connectivity index (χ1) is 9.06. The Morgan fingerprint density at radius 3 is 2.63 bits per heavy atom. The second kappa shape index (κ2) is 5.14. The molecule has 0 N–H and O–H groups in total. The van der Waals surface area contributed by atoms with Crippen LogP contribution in [0.2, 0.25) is 0 Å². The van der Waals surface area contributed by atoms with Crippen LogP contribution in [0.3, 0.4) is 0 Å². The van der Waals surface area contributed by atoms with Crippen LogP contribution >= 0.6 is 0 Å². The summed E-state index contributed by atoms with van der Waals surface area (Å²) in [4.78, 5) is 11.6. The molecule has 0 fully saturated rings. The van der Waals surface area contributed by atoms with Crippen molar-refractivity contribution in [1.29, 1.82) is 0 Å². The number of halogens is 1. The molecule has 6 heteroatoms. The van der Waals surface area contributed by atoms with Gasteiger partial charge in [0.2, 0.25) is 11.9 Å². The Morgan fingerprint density at radius 2 is 2.05 bits per heavy atom. The van der Waals surface area contributed by atoms with Crippen molar-refractivity contribution < 1.29 is 28.1 Å². The lowest BCUT2D eigenvalue weighted by Crippen LogP contribution is -2.45. The van der Waals surface area contributed by atoms with Crippen molar-refractivity contribution in [2.24, 2.45) is 0 Å². The van der Waals surface area contributed by atoms with Crippen LogP contribution in [0.15, 0.2) is 18.2 Å². The lowest BCUT2D eigenvalue weighted by molar-refractivity contribution is -0.240. The van der Waals surface area contributed by atoms with E-state index >= 15 is 0 Å². The first-order valence-electron chi connectivity index (χ1n) is 5.71. The van der Waals surface area contributed by atoms with Gasteiger partial charge in [-0.1, -0.05) is 0 Å². The third-order valence-electron chi connectivity index (χ3n) is 3.20. The summed E-state index contributed by atoms with van der Waals surface area (Å²) in [5.41, 5.74) is 0.414. The molecule has 1 aromatic carbocycles. The van der Waals surface area contributed by atoms with E-state index in [0.29, 0.717) is 11.3 Å². The average molecular weight is 270 g/mol. The first kappa shape index (κ1) is 13.8. The van der Waals surface area contributed by atoms with Gasteiger partial charge in [0.1, 0.15) is 11.6 Å². The molecular formula is C13H15FO5. The number of methoxy groups -OCH3 is 3. The SMILES string of the molecule is COC(=O)[C@@H]1CC(OC)(OC)c2cc(F)ccc2O1. The number of hydrogen-bond donors (Lipinski definition) is 0. The molecular weight excluding hydrogens is 255 g/mol. The van der Waals surface area contributed by atoms with Crippen molar-refractivity contribution in [2.45, 2.75) is 18.3 Å². The molecule has 1 atom stereocenters. The molecule has 0 saturated heterocycles. The van der Waals surface area contributed by atoms with E-state index in [1.54, 1.807) is 0 Å². The first-order valence-corrected chi connectivity index (χ1v) is 5.71. The van der Waals surface area contributed by atoms with Gasteiger partial charge in [-0.25, -0.2) is 9.18 Å². The van der Waals surface area contributed by atoms with E-state index in [0.717, 1.165) is 0 Å². The highest BCUT2D eigenvalue weighted by Crippen LogP contribution is 2.42. The Morgan fingerprint density at radius 1 is 1.37 bits per heavy atom. The molecule has 19 heavy (non-hydrogen) atoms. The molecule has 0 bridgehead atoms. The summed E-state index contributed by atoms with van der Waals surface area (Å²) in [6, 6.07) is 3.96. The number of carbonyl (C=O) groups is 1. The summed E-state index contributed by atoms with van der Waals surface area (Å²) in [6.07, 6.45) is -0.772. The predicted molar refractivity (Wildman–Crippen MR) is 63.1 cm³/mol. The number of benzene rings is 1. The zero-order valence-electron chi connectivity index (χ0n) is 10.9. The Balaban J connectivity index is 2.49. The zero-order chi connectivity index (χ0) is 14.0. The number of esters is 1. The third-order valence-corrected chi connectivity index (χ3v) is 3.20. The normalized spacial score (nSPS) is 20.3. The second-order valence-corrected chi connectivity index (χ2v) is 4.14. The van der Waals surface area contributed by atoms with Gasteiger partial charge in [-0.2, -0.15) is 0 Å². The van der Waals surface area contributed by atoms with Gasteiger partial charge < -0.3 is 18.9 Å². The molecule has 1 aromatic rings. The van der Waals surface area contributed by atoms with Crippen LogP contribution in [-0.4, -0.2) is 33.4 Å². The minimum Gasteiger partial charge on any atom is -0.478 e. The Hall–Kier alpha value is -1.66. The van der Waals surface area contributed by atoms with Crippen molar-refractivity contribution in [3.8, 4) is 5.75 Å². The van der Waals surface area contributed by atoms with Crippen molar-refractivity contribution in [1.82, 2.24) is 0 Å². The van der Waals surface area contributed by atoms with Crippen molar-refractivity contribution in [3.63, 3.8) is 0 Å². The maximum atomic E-state index is 13.4. The van der Waals surface area contributed by atoms with Crippen LogP contribution in [0.4, 0.5) is 4.39 Å². The van der Waals surface area contributed by atoms with Crippen LogP contribution in [0, 0.1) is 5.82 Å². The largest absolute Gasteiger partial charge is 0.478 e. The molecule has 1 aliphatic heterocycles. The minimum atomic E-state index is -1.23. The molecule has 0 unspecified atom stereocenters. The fraction of sp³-hybridized carbons (Fsp3) is 0.462. The standard InChI is InChI=1S/C13H15FO5/c1-16-12(15)11-7-13(17-2,18-3)9-6-8(14)4-5-10(9)19-11/h4-6,11H,7H2,1-3H3/t11-/m0/s1.